The minimum atomic E-state index is -2.59. The Labute approximate surface area is 315 Å². The molecule has 13 unspecified atom stereocenters. The molecule has 0 bridgehead atoms. The molecule has 4 heterocycles. The van der Waals surface area contributed by atoms with E-state index in [1.807, 2.05) is 13.8 Å². The summed E-state index contributed by atoms with van der Waals surface area (Å²) in [5.41, 5.74) is -7.07. The third-order valence-corrected chi connectivity index (χ3v) is 12.8. The van der Waals surface area contributed by atoms with Crippen LogP contribution in [-0.2, 0) is 23.7 Å². The molecule has 312 valence electrons. The number of unbranched alkanes of at least 4 members (excludes halogenated alkanes) is 3. The number of hydrogen-bond acceptors (Lipinski definition) is 14. The first kappa shape index (κ1) is 45.1. The van der Waals surface area contributed by atoms with Crippen LogP contribution in [0.15, 0.2) is 0 Å². The molecule has 0 aliphatic carbocycles. The van der Waals surface area contributed by atoms with Gasteiger partial charge in [-0.1, -0.05) is 79.1 Å². The zero-order valence-corrected chi connectivity index (χ0v) is 32.7. The molecule has 4 aliphatic rings. The Morgan fingerprint density at radius 3 is 1.62 bits per heavy atom. The van der Waals surface area contributed by atoms with Crippen molar-refractivity contribution in [2.75, 3.05) is 19.8 Å². The zero-order valence-electron chi connectivity index (χ0n) is 32.7. The summed E-state index contributed by atoms with van der Waals surface area (Å²) in [6.45, 7) is 7.61. The molecular weight excluding hydrogens is 692 g/mol. The van der Waals surface area contributed by atoms with Crippen LogP contribution in [0.5, 0.6) is 0 Å². The van der Waals surface area contributed by atoms with Gasteiger partial charge in [0.2, 0.25) is 23.0 Å². The largest absolute Gasteiger partial charge is 0.390 e. The first-order valence-corrected chi connectivity index (χ1v) is 20.7. The maximum atomic E-state index is 12.5. The van der Waals surface area contributed by atoms with Gasteiger partial charge >= 0.3 is 0 Å². The molecule has 0 amide bonds. The topological polar surface area (TPSA) is 228 Å². The molecule has 13 atom stereocenters. The van der Waals surface area contributed by atoms with E-state index in [1.165, 1.54) is 0 Å². The van der Waals surface area contributed by atoms with Crippen LogP contribution in [-0.4, -0.2) is 143 Å². The minimum absolute atomic E-state index is 0.000925. The van der Waals surface area contributed by atoms with E-state index in [0.717, 1.165) is 25.7 Å². The molecule has 14 nitrogen and oxygen atoms in total. The van der Waals surface area contributed by atoms with Crippen LogP contribution in [0.1, 0.15) is 150 Å². The molecule has 0 spiro atoms. The molecule has 0 radical (unpaired) electrons. The zero-order chi connectivity index (χ0) is 39.1. The van der Waals surface area contributed by atoms with Crippen LogP contribution in [0.25, 0.3) is 0 Å². The van der Waals surface area contributed by atoms with Gasteiger partial charge in [-0.15, -0.1) is 0 Å². The van der Waals surface area contributed by atoms with E-state index in [4.69, 9.17) is 23.7 Å². The van der Waals surface area contributed by atoms with Gasteiger partial charge in [0.05, 0.1) is 43.7 Å². The highest BCUT2D eigenvalue weighted by atomic mass is 16.7. The van der Waals surface area contributed by atoms with Crippen LogP contribution in [0.2, 0.25) is 0 Å². The predicted molar refractivity (Wildman–Crippen MR) is 193 cm³/mol. The van der Waals surface area contributed by atoms with Gasteiger partial charge in [0.15, 0.2) is 5.60 Å². The number of ether oxygens (including phenoxy) is 5. The highest BCUT2D eigenvalue weighted by molar-refractivity contribution is 5.21. The van der Waals surface area contributed by atoms with Crippen molar-refractivity contribution in [3.8, 4) is 0 Å². The average Bonchev–Trinajstić information content (AvgIpc) is 3.26. The highest BCUT2D eigenvalue weighted by Gasteiger charge is 2.77. The normalized spacial score (nSPS) is 45.0. The Morgan fingerprint density at radius 2 is 1.13 bits per heavy atom. The lowest BCUT2D eigenvalue weighted by molar-refractivity contribution is -0.496. The third kappa shape index (κ3) is 7.86. The van der Waals surface area contributed by atoms with E-state index >= 15 is 0 Å². The lowest BCUT2D eigenvalue weighted by Crippen LogP contribution is -2.86. The Balaban J connectivity index is 1.53. The molecule has 4 saturated heterocycles. The van der Waals surface area contributed by atoms with E-state index in [9.17, 15) is 46.0 Å². The second kappa shape index (κ2) is 18.8. The Morgan fingerprint density at radius 1 is 0.623 bits per heavy atom. The summed E-state index contributed by atoms with van der Waals surface area (Å²) in [5.74, 6) is -7.11. The molecule has 4 rings (SSSR count). The molecule has 9 N–H and O–H groups in total. The van der Waals surface area contributed by atoms with Gasteiger partial charge in [0.25, 0.3) is 0 Å². The summed E-state index contributed by atoms with van der Waals surface area (Å²) in [4.78, 5) is 0. The fourth-order valence-electron chi connectivity index (χ4n) is 9.41. The predicted octanol–water partition coefficient (Wildman–Crippen LogP) is 2.43. The second-order valence-corrected chi connectivity index (χ2v) is 16.0. The van der Waals surface area contributed by atoms with Gasteiger partial charge in [0.1, 0.15) is 17.8 Å². The van der Waals surface area contributed by atoms with E-state index in [2.05, 4.69) is 0 Å². The SMILES string of the molecule is CCCCC1OC(O)(C2(O)C(O)CCCCCOC2(CC)OCCCCC(O)C2(CC)OCCCCCC(O)C2(O)C2(O)OC(CCCC)C2O)C1O. The lowest BCUT2D eigenvalue weighted by Gasteiger charge is -2.63. The summed E-state index contributed by atoms with van der Waals surface area (Å²) in [5, 5.41) is 106. The van der Waals surface area contributed by atoms with Crippen molar-refractivity contribution < 1.29 is 69.6 Å². The van der Waals surface area contributed by atoms with E-state index < -0.39 is 76.9 Å². The summed E-state index contributed by atoms with van der Waals surface area (Å²) in [6.07, 6.45) is -0.512. The average molecular weight is 765 g/mol. The molecular formula is C39H72O14. The first-order valence-electron chi connectivity index (χ1n) is 20.7. The lowest BCUT2D eigenvalue weighted by atomic mass is 9.62. The van der Waals surface area contributed by atoms with Crippen LogP contribution >= 0.6 is 0 Å². The van der Waals surface area contributed by atoms with Gasteiger partial charge in [0, 0.05) is 13.0 Å². The molecule has 0 aromatic carbocycles. The molecule has 14 heteroatoms. The maximum Gasteiger partial charge on any atom is 0.233 e. The molecule has 53 heavy (non-hydrogen) atoms. The van der Waals surface area contributed by atoms with Crippen LogP contribution in [0.4, 0.5) is 0 Å². The summed E-state index contributed by atoms with van der Waals surface area (Å²) >= 11 is 0. The van der Waals surface area contributed by atoms with E-state index in [1.54, 1.807) is 13.8 Å². The smallest absolute Gasteiger partial charge is 0.233 e. The Hall–Kier alpha value is -0.560. The molecule has 4 fully saturated rings. The van der Waals surface area contributed by atoms with Crippen molar-refractivity contribution in [2.24, 2.45) is 0 Å². The second-order valence-electron chi connectivity index (χ2n) is 16.0. The number of hydrogen-bond donors (Lipinski definition) is 9. The van der Waals surface area contributed by atoms with Gasteiger partial charge in [-0.3, -0.25) is 0 Å². The number of aliphatic hydroxyl groups is 9. The number of aliphatic hydroxyl groups excluding tert-OH is 5. The summed E-state index contributed by atoms with van der Waals surface area (Å²) in [6, 6.07) is 0. The molecule has 0 aromatic rings. The highest BCUT2D eigenvalue weighted by Crippen LogP contribution is 2.54. The molecule has 4 aliphatic heterocycles. The van der Waals surface area contributed by atoms with E-state index in [-0.39, 0.29) is 64.8 Å². The van der Waals surface area contributed by atoms with Crippen LogP contribution < -0.4 is 0 Å². The van der Waals surface area contributed by atoms with Crippen LogP contribution in [0.3, 0.4) is 0 Å². The van der Waals surface area contributed by atoms with Crippen molar-refractivity contribution in [3.05, 3.63) is 0 Å². The fourth-order valence-corrected chi connectivity index (χ4v) is 9.41. The molecule has 0 saturated carbocycles. The standard InChI is InChI=1S/C39H72O14/c1-5-9-19-27-32(43)38(47,52-27)36(45)30(41)22-13-11-16-24-49-34(36,7-3)29(40)21-15-18-26-51-35(8-4)37(46,31(42)23-14-12-17-25-50-35)39(48)33(44)28(53-39)20-10-6-2/h27-33,40-48H,5-26H2,1-4H3. The van der Waals surface area contributed by atoms with E-state index in [0.29, 0.717) is 51.4 Å². The van der Waals surface area contributed by atoms with Crippen LogP contribution in [0, 0.1) is 0 Å². The Bertz CT molecular complexity index is 1120. The first-order chi connectivity index (χ1) is 25.2. The van der Waals surface area contributed by atoms with Crippen molar-refractivity contribution in [1.29, 1.82) is 0 Å². The quantitative estimate of drug-likeness (QED) is 0.0970. The third-order valence-electron chi connectivity index (χ3n) is 12.8. The van der Waals surface area contributed by atoms with Crippen molar-refractivity contribution >= 4 is 0 Å². The van der Waals surface area contributed by atoms with Crippen molar-refractivity contribution in [1.82, 2.24) is 0 Å². The molecule has 0 aromatic heterocycles. The summed E-state index contributed by atoms with van der Waals surface area (Å²) in [7, 11) is 0. The number of rotatable bonds is 17. The Kier molecular flexibility index (Phi) is 16.0. The van der Waals surface area contributed by atoms with Crippen molar-refractivity contribution in [2.45, 2.75) is 227 Å². The van der Waals surface area contributed by atoms with Gasteiger partial charge in [-0.05, 0) is 64.2 Å². The fraction of sp³-hybridized carbons (Fsp3) is 1.00. The van der Waals surface area contributed by atoms with Gasteiger partial charge in [-0.25, -0.2) is 0 Å². The van der Waals surface area contributed by atoms with Crippen molar-refractivity contribution in [3.63, 3.8) is 0 Å². The minimum Gasteiger partial charge on any atom is -0.390 e. The maximum absolute atomic E-state index is 12.5. The van der Waals surface area contributed by atoms with Gasteiger partial charge in [-0.2, -0.15) is 0 Å². The van der Waals surface area contributed by atoms with Gasteiger partial charge < -0.3 is 69.6 Å². The monoisotopic (exact) mass is 764 g/mol. The summed E-state index contributed by atoms with van der Waals surface area (Å²) < 4.78 is 30.5.